The number of benzene rings is 2. The first-order valence-corrected chi connectivity index (χ1v) is 8.45. The Morgan fingerprint density at radius 1 is 1.15 bits per heavy atom. The summed E-state index contributed by atoms with van der Waals surface area (Å²) in [6.07, 6.45) is 0. The molecule has 1 aliphatic heterocycles. The number of hydrogen-bond acceptors (Lipinski definition) is 4. The number of nitriles is 1. The van der Waals surface area contributed by atoms with Crippen molar-refractivity contribution in [1.82, 2.24) is 9.80 Å². The van der Waals surface area contributed by atoms with Crippen molar-refractivity contribution in [2.24, 2.45) is 0 Å². The standard InChI is InChI=1S/C20H20FN3O2/c1-26-16-6-4-5-15(13-16)20(25)24-11-9-23(10-12-24)19(14-22)17-7-2-3-8-18(17)21/h2-8,13,19H,9-12H2,1H3. The Hall–Kier alpha value is -2.91. The first-order chi connectivity index (χ1) is 12.6. The van der Waals surface area contributed by atoms with Gasteiger partial charge < -0.3 is 9.64 Å². The summed E-state index contributed by atoms with van der Waals surface area (Å²) in [5, 5.41) is 9.51. The molecule has 5 nitrogen and oxygen atoms in total. The number of rotatable bonds is 4. The Labute approximate surface area is 152 Å². The van der Waals surface area contributed by atoms with Crippen LogP contribution in [0.3, 0.4) is 0 Å². The van der Waals surface area contributed by atoms with E-state index in [-0.39, 0.29) is 11.7 Å². The van der Waals surface area contributed by atoms with E-state index in [4.69, 9.17) is 4.74 Å². The second-order valence-electron chi connectivity index (χ2n) is 6.11. The summed E-state index contributed by atoms with van der Waals surface area (Å²) in [5.41, 5.74) is 0.950. The molecule has 0 spiro atoms. The molecule has 6 heteroatoms. The molecule has 1 fully saturated rings. The number of carbonyl (C=O) groups excluding carboxylic acids is 1. The Kier molecular flexibility index (Phi) is 5.49. The number of amides is 1. The predicted molar refractivity (Wildman–Crippen MR) is 95.2 cm³/mol. The van der Waals surface area contributed by atoms with Gasteiger partial charge in [0.2, 0.25) is 0 Å². The molecule has 0 bridgehead atoms. The maximum atomic E-state index is 14.0. The fourth-order valence-electron chi connectivity index (χ4n) is 3.17. The van der Waals surface area contributed by atoms with Crippen LogP contribution in [0.1, 0.15) is 22.0 Å². The molecule has 26 heavy (non-hydrogen) atoms. The third kappa shape index (κ3) is 3.68. The Morgan fingerprint density at radius 2 is 1.88 bits per heavy atom. The number of carbonyl (C=O) groups is 1. The SMILES string of the molecule is COc1cccc(C(=O)N2CCN(C(C#N)c3ccccc3F)CC2)c1. The summed E-state index contributed by atoms with van der Waals surface area (Å²) < 4.78 is 19.2. The molecular weight excluding hydrogens is 333 g/mol. The molecule has 2 aromatic rings. The molecule has 0 radical (unpaired) electrons. The van der Waals surface area contributed by atoms with Crippen LogP contribution >= 0.6 is 0 Å². The van der Waals surface area contributed by atoms with E-state index >= 15 is 0 Å². The maximum absolute atomic E-state index is 14.0. The van der Waals surface area contributed by atoms with Gasteiger partial charge in [-0.25, -0.2) is 4.39 Å². The number of nitrogens with zero attached hydrogens (tertiary/aromatic N) is 3. The minimum atomic E-state index is -0.648. The average Bonchev–Trinajstić information content (AvgIpc) is 2.70. The Bertz CT molecular complexity index is 826. The third-order valence-corrected chi connectivity index (χ3v) is 4.61. The molecule has 1 amide bonds. The van der Waals surface area contributed by atoms with Crippen LogP contribution in [0.5, 0.6) is 5.75 Å². The van der Waals surface area contributed by atoms with Crippen LogP contribution in [-0.4, -0.2) is 49.0 Å². The maximum Gasteiger partial charge on any atom is 0.254 e. The number of piperazine rings is 1. The summed E-state index contributed by atoms with van der Waals surface area (Å²) in [5.74, 6) is 0.190. The van der Waals surface area contributed by atoms with Crippen molar-refractivity contribution in [2.75, 3.05) is 33.3 Å². The predicted octanol–water partition coefficient (Wildman–Crippen LogP) is 2.86. The average molecular weight is 353 g/mol. The molecule has 0 N–H and O–H groups in total. The number of hydrogen-bond donors (Lipinski definition) is 0. The van der Waals surface area contributed by atoms with Gasteiger partial charge in [0.15, 0.2) is 0 Å². The normalized spacial score (nSPS) is 16.0. The molecule has 0 saturated carbocycles. The van der Waals surface area contributed by atoms with Gasteiger partial charge in [-0.05, 0) is 24.3 Å². The van der Waals surface area contributed by atoms with Crippen LogP contribution in [0.15, 0.2) is 48.5 Å². The zero-order valence-electron chi connectivity index (χ0n) is 14.6. The lowest BCUT2D eigenvalue weighted by molar-refractivity contribution is 0.0604. The molecule has 0 aliphatic carbocycles. The third-order valence-electron chi connectivity index (χ3n) is 4.61. The van der Waals surface area contributed by atoms with E-state index in [0.29, 0.717) is 43.1 Å². The first kappa shape index (κ1) is 17.9. The largest absolute Gasteiger partial charge is 0.497 e. The Morgan fingerprint density at radius 3 is 2.54 bits per heavy atom. The topological polar surface area (TPSA) is 56.6 Å². The molecule has 1 atom stereocenters. The summed E-state index contributed by atoms with van der Waals surface area (Å²) in [6, 6.07) is 14.9. The number of methoxy groups -OCH3 is 1. The fraction of sp³-hybridized carbons (Fsp3) is 0.300. The van der Waals surface area contributed by atoms with Crippen LogP contribution in [0.2, 0.25) is 0 Å². The van der Waals surface area contributed by atoms with Gasteiger partial charge in [-0.1, -0.05) is 24.3 Å². The van der Waals surface area contributed by atoms with Crippen LogP contribution in [0.25, 0.3) is 0 Å². The van der Waals surface area contributed by atoms with Crippen molar-refractivity contribution in [1.29, 1.82) is 5.26 Å². The highest BCUT2D eigenvalue weighted by atomic mass is 19.1. The molecule has 1 heterocycles. The molecular formula is C20H20FN3O2. The Balaban J connectivity index is 1.67. The monoisotopic (exact) mass is 353 g/mol. The lowest BCUT2D eigenvalue weighted by Gasteiger charge is -2.37. The highest BCUT2D eigenvalue weighted by Gasteiger charge is 2.28. The summed E-state index contributed by atoms with van der Waals surface area (Å²) in [7, 11) is 1.56. The molecule has 1 unspecified atom stereocenters. The molecule has 1 saturated heterocycles. The second kappa shape index (κ2) is 7.98. The molecule has 2 aromatic carbocycles. The van der Waals surface area contributed by atoms with Gasteiger partial charge in [0.25, 0.3) is 5.91 Å². The minimum Gasteiger partial charge on any atom is -0.497 e. The van der Waals surface area contributed by atoms with Crippen molar-refractivity contribution in [2.45, 2.75) is 6.04 Å². The smallest absolute Gasteiger partial charge is 0.254 e. The van der Waals surface area contributed by atoms with Crippen molar-refractivity contribution >= 4 is 5.91 Å². The van der Waals surface area contributed by atoms with E-state index in [2.05, 4.69) is 6.07 Å². The van der Waals surface area contributed by atoms with E-state index in [0.717, 1.165) is 0 Å². The fourth-order valence-corrected chi connectivity index (χ4v) is 3.17. The van der Waals surface area contributed by atoms with Crippen molar-refractivity contribution < 1.29 is 13.9 Å². The quantitative estimate of drug-likeness (QED) is 0.848. The van der Waals surface area contributed by atoms with Crippen LogP contribution in [-0.2, 0) is 0 Å². The molecule has 0 aromatic heterocycles. The minimum absolute atomic E-state index is 0.0667. The van der Waals surface area contributed by atoms with Crippen molar-refractivity contribution in [3.63, 3.8) is 0 Å². The van der Waals surface area contributed by atoms with Gasteiger partial charge in [0, 0.05) is 37.3 Å². The van der Waals surface area contributed by atoms with Gasteiger partial charge in [0.05, 0.1) is 13.2 Å². The van der Waals surface area contributed by atoms with Gasteiger partial charge in [-0.3, -0.25) is 9.69 Å². The highest BCUT2D eigenvalue weighted by molar-refractivity contribution is 5.94. The van der Waals surface area contributed by atoms with Crippen molar-refractivity contribution in [3.05, 3.63) is 65.5 Å². The van der Waals surface area contributed by atoms with E-state index in [9.17, 15) is 14.4 Å². The number of ether oxygens (including phenoxy) is 1. The lowest BCUT2D eigenvalue weighted by Crippen LogP contribution is -2.49. The van der Waals surface area contributed by atoms with Crippen molar-refractivity contribution in [3.8, 4) is 11.8 Å². The van der Waals surface area contributed by atoms with E-state index in [1.807, 2.05) is 4.90 Å². The number of halogens is 1. The zero-order valence-corrected chi connectivity index (χ0v) is 14.6. The van der Waals surface area contributed by atoms with Gasteiger partial charge in [-0.2, -0.15) is 5.26 Å². The van der Waals surface area contributed by atoms with Gasteiger partial charge >= 0.3 is 0 Å². The summed E-state index contributed by atoms with van der Waals surface area (Å²) >= 11 is 0. The van der Waals surface area contributed by atoms with E-state index in [1.165, 1.54) is 6.07 Å². The lowest BCUT2D eigenvalue weighted by atomic mass is 10.0. The van der Waals surface area contributed by atoms with Crippen LogP contribution < -0.4 is 4.74 Å². The van der Waals surface area contributed by atoms with Crippen LogP contribution in [0.4, 0.5) is 4.39 Å². The second-order valence-corrected chi connectivity index (χ2v) is 6.11. The zero-order chi connectivity index (χ0) is 18.5. The van der Waals surface area contributed by atoms with E-state index in [1.54, 1.807) is 54.5 Å². The van der Waals surface area contributed by atoms with Gasteiger partial charge in [-0.15, -0.1) is 0 Å². The van der Waals surface area contributed by atoms with E-state index < -0.39 is 6.04 Å². The summed E-state index contributed by atoms with van der Waals surface area (Å²) in [6.45, 7) is 2.01. The first-order valence-electron chi connectivity index (χ1n) is 8.45. The molecule has 134 valence electrons. The summed E-state index contributed by atoms with van der Waals surface area (Å²) in [4.78, 5) is 16.3. The molecule has 3 rings (SSSR count). The van der Waals surface area contributed by atoms with Gasteiger partial charge in [0.1, 0.15) is 17.6 Å². The van der Waals surface area contributed by atoms with Crippen LogP contribution in [0, 0.1) is 17.1 Å². The molecule has 1 aliphatic rings. The highest BCUT2D eigenvalue weighted by Crippen LogP contribution is 2.24.